The van der Waals surface area contributed by atoms with Gasteiger partial charge in [-0.3, -0.25) is 0 Å². The Labute approximate surface area is 126 Å². The van der Waals surface area contributed by atoms with Gasteiger partial charge in [0.2, 0.25) is 0 Å². The van der Waals surface area contributed by atoms with E-state index in [1.54, 1.807) is 7.11 Å². The van der Waals surface area contributed by atoms with Crippen LogP contribution in [0.3, 0.4) is 0 Å². The lowest BCUT2D eigenvalue weighted by Crippen LogP contribution is -3.00. The molecule has 1 spiro atoms. The summed E-state index contributed by atoms with van der Waals surface area (Å²) in [6.07, 6.45) is 2.87. The van der Waals surface area contributed by atoms with Gasteiger partial charge in [0.15, 0.2) is 0 Å². The van der Waals surface area contributed by atoms with Gasteiger partial charge in [0.05, 0.1) is 46.4 Å². The van der Waals surface area contributed by atoms with E-state index in [0.29, 0.717) is 0 Å². The molecule has 0 N–H and O–H groups in total. The summed E-state index contributed by atoms with van der Waals surface area (Å²) in [5.74, 6) is 0.943. The Balaban J connectivity index is 0.00000133. The standard InChI is InChI=1S/C15H23N2O.BrH/c1-18-15-6-4-14(5-7-15)16-8-12-17(13-9-16)10-2-3-11-17;/h4-7H,2-3,8-13H2,1H3;1H/q+1;/p-1. The second-order valence-corrected chi connectivity index (χ2v) is 5.63. The van der Waals surface area contributed by atoms with Crippen molar-refractivity contribution in [2.75, 3.05) is 51.3 Å². The van der Waals surface area contributed by atoms with Gasteiger partial charge in [0, 0.05) is 18.5 Å². The minimum atomic E-state index is 0. The molecule has 2 aliphatic rings. The van der Waals surface area contributed by atoms with Crippen molar-refractivity contribution in [3.63, 3.8) is 0 Å². The summed E-state index contributed by atoms with van der Waals surface area (Å²) >= 11 is 0. The molecule has 19 heavy (non-hydrogen) atoms. The fourth-order valence-electron chi connectivity index (χ4n) is 3.39. The summed E-state index contributed by atoms with van der Waals surface area (Å²) in [7, 11) is 1.72. The summed E-state index contributed by atoms with van der Waals surface area (Å²) in [5, 5.41) is 0. The number of hydrogen-bond acceptors (Lipinski definition) is 2. The number of ether oxygens (including phenoxy) is 1. The fraction of sp³-hybridized carbons (Fsp3) is 0.600. The number of benzene rings is 1. The molecule has 2 fully saturated rings. The van der Waals surface area contributed by atoms with Gasteiger partial charge < -0.3 is 31.1 Å². The van der Waals surface area contributed by atoms with Gasteiger partial charge in [0.1, 0.15) is 5.75 Å². The molecule has 0 amide bonds. The Morgan fingerprint density at radius 3 is 2.05 bits per heavy atom. The van der Waals surface area contributed by atoms with Crippen LogP contribution in [0.15, 0.2) is 24.3 Å². The Morgan fingerprint density at radius 2 is 1.53 bits per heavy atom. The quantitative estimate of drug-likeness (QED) is 0.655. The molecule has 0 atom stereocenters. The maximum absolute atomic E-state index is 5.21. The smallest absolute Gasteiger partial charge is 0.119 e. The molecule has 0 unspecified atom stereocenters. The predicted molar refractivity (Wildman–Crippen MR) is 74.2 cm³/mol. The number of nitrogens with zero attached hydrogens (tertiary/aromatic N) is 2. The van der Waals surface area contributed by atoms with Crippen LogP contribution < -0.4 is 26.6 Å². The summed E-state index contributed by atoms with van der Waals surface area (Å²) < 4.78 is 6.59. The molecule has 3 rings (SSSR count). The normalized spacial score (nSPS) is 21.2. The molecular weight excluding hydrogens is 304 g/mol. The van der Waals surface area contributed by atoms with Gasteiger partial charge in [-0.25, -0.2) is 0 Å². The summed E-state index contributed by atoms with van der Waals surface area (Å²) in [6.45, 7) is 7.88. The number of rotatable bonds is 2. The van der Waals surface area contributed by atoms with Crippen LogP contribution in [0.4, 0.5) is 5.69 Å². The minimum Gasteiger partial charge on any atom is -1.00 e. The van der Waals surface area contributed by atoms with E-state index >= 15 is 0 Å². The largest absolute Gasteiger partial charge is 1.00 e. The SMILES string of the molecule is COc1ccc(N2CC[N+]3(CCCC3)CC2)cc1.[Br-]. The average Bonchev–Trinajstić information content (AvgIpc) is 2.88. The van der Waals surface area contributed by atoms with E-state index in [0.717, 1.165) is 5.75 Å². The topological polar surface area (TPSA) is 12.5 Å². The highest BCUT2D eigenvalue weighted by Gasteiger charge is 2.35. The first kappa shape index (κ1) is 14.7. The highest BCUT2D eigenvalue weighted by atomic mass is 79.9. The average molecular weight is 327 g/mol. The third-order valence-corrected chi connectivity index (χ3v) is 4.64. The van der Waals surface area contributed by atoms with Crippen LogP contribution in [0.2, 0.25) is 0 Å². The Morgan fingerprint density at radius 1 is 0.947 bits per heavy atom. The van der Waals surface area contributed by atoms with E-state index in [1.165, 1.54) is 62.3 Å². The summed E-state index contributed by atoms with van der Waals surface area (Å²) in [6, 6.07) is 8.48. The lowest BCUT2D eigenvalue weighted by Gasteiger charge is -2.42. The molecule has 106 valence electrons. The second-order valence-electron chi connectivity index (χ2n) is 5.63. The molecule has 2 saturated heterocycles. The number of hydrogen-bond donors (Lipinski definition) is 0. The third-order valence-electron chi connectivity index (χ3n) is 4.64. The zero-order valence-corrected chi connectivity index (χ0v) is 13.2. The van der Waals surface area contributed by atoms with E-state index in [2.05, 4.69) is 29.2 Å². The first-order valence-electron chi connectivity index (χ1n) is 7.05. The van der Waals surface area contributed by atoms with Gasteiger partial charge in [-0.1, -0.05) is 0 Å². The number of methoxy groups -OCH3 is 1. The fourth-order valence-corrected chi connectivity index (χ4v) is 3.39. The summed E-state index contributed by atoms with van der Waals surface area (Å²) in [4.78, 5) is 2.52. The molecule has 4 heteroatoms. The van der Waals surface area contributed by atoms with Crippen molar-refractivity contribution in [3.05, 3.63) is 24.3 Å². The van der Waals surface area contributed by atoms with Crippen molar-refractivity contribution in [1.29, 1.82) is 0 Å². The molecule has 1 aromatic rings. The third kappa shape index (κ3) is 3.06. The minimum absolute atomic E-state index is 0. The van der Waals surface area contributed by atoms with Crippen LogP contribution in [0.1, 0.15) is 12.8 Å². The highest BCUT2D eigenvalue weighted by Crippen LogP contribution is 2.26. The zero-order chi connectivity index (χ0) is 12.4. The van der Waals surface area contributed by atoms with Gasteiger partial charge in [0.25, 0.3) is 0 Å². The number of halogens is 1. The first-order valence-corrected chi connectivity index (χ1v) is 7.05. The monoisotopic (exact) mass is 326 g/mol. The van der Waals surface area contributed by atoms with Crippen molar-refractivity contribution < 1.29 is 26.2 Å². The van der Waals surface area contributed by atoms with Gasteiger partial charge in [-0.05, 0) is 24.3 Å². The summed E-state index contributed by atoms with van der Waals surface area (Å²) in [5.41, 5.74) is 1.34. The van der Waals surface area contributed by atoms with Gasteiger partial charge in [-0.15, -0.1) is 0 Å². The Hall–Kier alpha value is -0.740. The van der Waals surface area contributed by atoms with E-state index < -0.39 is 0 Å². The van der Waals surface area contributed by atoms with Crippen LogP contribution in [0.5, 0.6) is 5.75 Å². The van der Waals surface area contributed by atoms with E-state index in [4.69, 9.17) is 4.74 Å². The molecule has 0 radical (unpaired) electrons. The molecule has 2 heterocycles. The van der Waals surface area contributed by atoms with E-state index in [1.807, 2.05) is 0 Å². The number of anilines is 1. The molecule has 1 aromatic carbocycles. The zero-order valence-electron chi connectivity index (χ0n) is 11.6. The Bertz CT molecular complexity index is 391. The van der Waals surface area contributed by atoms with E-state index in [9.17, 15) is 0 Å². The van der Waals surface area contributed by atoms with Crippen LogP contribution in [0, 0.1) is 0 Å². The van der Waals surface area contributed by atoms with Crippen molar-refractivity contribution in [2.24, 2.45) is 0 Å². The predicted octanol–water partition coefficient (Wildman–Crippen LogP) is -0.870. The molecule has 0 aliphatic carbocycles. The van der Waals surface area contributed by atoms with Crippen LogP contribution in [0.25, 0.3) is 0 Å². The van der Waals surface area contributed by atoms with E-state index in [-0.39, 0.29) is 17.0 Å². The maximum atomic E-state index is 5.21. The molecule has 0 aromatic heterocycles. The van der Waals surface area contributed by atoms with Crippen molar-refractivity contribution >= 4 is 5.69 Å². The molecule has 3 nitrogen and oxygen atoms in total. The van der Waals surface area contributed by atoms with Crippen LogP contribution >= 0.6 is 0 Å². The maximum Gasteiger partial charge on any atom is 0.119 e. The van der Waals surface area contributed by atoms with Crippen LogP contribution in [-0.2, 0) is 0 Å². The molecule has 2 aliphatic heterocycles. The number of quaternary nitrogens is 1. The van der Waals surface area contributed by atoms with Crippen molar-refractivity contribution in [3.8, 4) is 5.75 Å². The first-order chi connectivity index (χ1) is 8.81. The molecule has 0 bridgehead atoms. The lowest BCUT2D eigenvalue weighted by molar-refractivity contribution is -0.917. The molecule has 0 saturated carbocycles. The lowest BCUT2D eigenvalue weighted by atomic mass is 10.2. The highest BCUT2D eigenvalue weighted by molar-refractivity contribution is 5.49. The van der Waals surface area contributed by atoms with Gasteiger partial charge in [-0.2, -0.15) is 0 Å². The Kier molecular flexibility index (Phi) is 4.74. The van der Waals surface area contributed by atoms with Gasteiger partial charge >= 0.3 is 0 Å². The van der Waals surface area contributed by atoms with Crippen LogP contribution in [-0.4, -0.2) is 50.9 Å². The molecular formula is C15H23BrN2O. The number of piperazine rings is 1. The van der Waals surface area contributed by atoms with Crippen molar-refractivity contribution in [1.82, 2.24) is 0 Å². The van der Waals surface area contributed by atoms with Crippen molar-refractivity contribution in [2.45, 2.75) is 12.8 Å². The second kappa shape index (κ2) is 6.14.